The van der Waals surface area contributed by atoms with Crippen LogP contribution in [0, 0.1) is 0 Å². The summed E-state index contributed by atoms with van der Waals surface area (Å²) in [7, 11) is 0. The van der Waals surface area contributed by atoms with Crippen molar-refractivity contribution in [3.63, 3.8) is 0 Å². The van der Waals surface area contributed by atoms with E-state index in [0.29, 0.717) is 6.42 Å². The summed E-state index contributed by atoms with van der Waals surface area (Å²) >= 11 is 0. The summed E-state index contributed by atoms with van der Waals surface area (Å²) in [6.07, 6.45) is 39.3. The van der Waals surface area contributed by atoms with Crippen molar-refractivity contribution in [3.05, 3.63) is 12.2 Å². The summed E-state index contributed by atoms with van der Waals surface area (Å²) in [5.41, 5.74) is 0. The molecule has 10 nitrogen and oxygen atoms in total. The van der Waals surface area contributed by atoms with Crippen molar-refractivity contribution in [2.75, 3.05) is 19.8 Å². The monoisotopic (exact) mass is 869 g/mol. The Morgan fingerprint density at radius 1 is 0.492 bits per heavy atom. The van der Waals surface area contributed by atoms with Gasteiger partial charge in [-0.25, -0.2) is 0 Å². The van der Waals surface area contributed by atoms with E-state index in [1.807, 2.05) is 0 Å². The lowest BCUT2D eigenvalue weighted by atomic mass is 9.99. The molecule has 0 saturated carbocycles. The highest BCUT2D eigenvalue weighted by Crippen LogP contribution is 2.23. The molecule has 0 aliphatic carbocycles. The number of aliphatic hydroxyl groups is 4. The first-order valence-electron chi connectivity index (χ1n) is 25.8. The third kappa shape index (κ3) is 33.6. The van der Waals surface area contributed by atoms with Crippen molar-refractivity contribution >= 4 is 11.9 Å². The molecule has 4 N–H and O–H groups in total. The fourth-order valence-corrected chi connectivity index (χ4v) is 8.07. The topological polar surface area (TPSA) is 152 Å². The quantitative estimate of drug-likeness (QED) is 0.0264. The summed E-state index contributed by atoms with van der Waals surface area (Å²) in [6.45, 7) is 3.46. The van der Waals surface area contributed by atoms with Crippen LogP contribution in [-0.4, -0.2) is 89.0 Å². The highest BCUT2D eigenvalue weighted by molar-refractivity contribution is 5.70. The average Bonchev–Trinajstić information content (AvgIpc) is 3.26. The van der Waals surface area contributed by atoms with E-state index in [2.05, 4.69) is 26.0 Å². The number of carbonyl (C=O) groups excluding carboxylic acids is 2. The van der Waals surface area contributed by atoms with Gasteiger partial charge in [0, 0.05) is 12.8 Å². The average molecular weight is 869 g/mol. The number of carbonyl (C=O) groups is 2. The van der Waals surface area contributed by atoms with E-state index in [1.54, 1.807) is 0 Å². The molecular weight excluding hydrogens is 773 g/mol. The number of allylic oxidation sites excluding steroid dienone is 2. The van der Waals surface area contributed by atoms with E-state index in [9.17, 15) is 30.0 Å². The lowest BCUT2D eigenvalue weighted by molar-refractivity contribution is -0.305. The van der Waals surface area contributed by atoms with Crippen LogP contribution in [0.3, 0.4) is 0 Å². The van der Waals surface area contributed by atoms with Gasteiger partial charge in [0.1, 0.15) is 31.0 Å². The van der Waals surface area contributed by atoms with Crippen molar-refractivity contribution in [2.45, 2.75) is 282 Å². The van der Waals surface area contributed by atoms with E-state index in [0.717, 1.165) is 44.9 Å². The van der Waals surface area contributed by atoms with Crippen LogP contribution in [0.25, 0.3) is 0 Å². The van der Waals surface area contributed by atoms with Crippen LogP contribution in [0.15, 0.2) is 12.2 Å². The molecule has 0 aromatic carbocycles. The van der Waals surface area contributed by atoms with Crippen LogP contribution in [0.4, 0.5) is 0 Å². The number of ether oxygens (including phenoxy) is 4. The minimum Gasteiger partial charge on any atom is -0.462 e. The lowest BCUT2D eigenvalue weighted by Gasteiger charge is -2.39. The smallest absolute Gasteiger partial charge is 0.306 e. The van der Waals surface area contributed by atoms with Crippen molar-refractivity contribution in [2.24, 2.45) is 0 Å². The molecule has 61 heavy (non-hydrogen) atoms. The van der Waals surface area contributed by atoms with Crippen LogP contribution in [0.5, 0.6) is 0 Å². The predicted octanol–water partition coefficient (Wildman–Crippen LogP) is 11.9. The zero-order valence-electron chi connectivity index (χ0n) is 39.4. The number of hydrogen-bond acceptors (Lipinski definition) is 10. The molecule has 6 atom stereocenters. The third-order valence-electron chi connectivity index (χ3n) is 12.2. The second-order valence-corrected chi connectivity index (χ2v) is 18.0. The molecule has 1 fully saturated rings. The fourth-order valence-electron chi connectivity index (χ4n) is 8.07. The largest absolute Gasteiger partial charge is 0.462 e. The molecule has 0 radical (unpaired) electrons. The Kier molecular flexibility index (Phi) is 39.9. The summed E-state index contributed by atoms with van der Waals surface area (Å²) in [5.74, 6) is -0.796. The second kappa shape index (κ2) is 42.4. The molecule has 10 heteroatoms. The number of aliphatic hydroxyl groups excluding tert-OH is 4. The van der Waals surface area contributed by atoms with Crippen molar-refractivity contribution in [3.8, 4) is 0 Å². The van der Waals surface area contributed by atoms with Crippen LogP contribution in [0.1, 0.15) is 245 Å². The van der Waals surface area contributed by atoms with Gasteiger partial charge in [-0.05, 0) is 38.5 Å². The Morgan fingerprint density at radius 2 is 0.869 bits per heavy atom. The molecule has 0 spiro atoms. The SMILES string of the molecule is CCCCCCCCC/C=C\CCCCCCCCCC(=O)OC(COC(=O)CCCCCCCCCCCCCCCCCCCC)COC1OC(CO)C(O)C(O)C1O. The maximum Gasteiger partial charge on any atom is 0.306 e. The molecule has 0 bridgehead atoms. The van der Waals surface area contributed by atoms with Crippen LogP contribution < -0.4 is 0 Å². The molecule has 0 amide bonds. The number of hydrogen-bond donors (Lipinski definition) is 4. The van der Waals surface area contributed by atoms with Gasteiger partial charge in [0.25, 0.3) is 0 Å². The Bertz CT molecular complexity index is 1010. The third-order valence-corrected chi connectivity index (χ3v) is 12.2. The summed E-state index contributed by atoms with van der Waals surface area (Å²) in [6, 6.07) is 0. The molecule has 1 saturated heterocycles. The van der Waals surface area contributed by atoms with Crippen molar-refractivity contribution < 1.29 is 49.0 Å². The second-order valence-electron chi connectivity index (χ2n) is 18.0. The Balaban J connectivity index is 2.25. The van der Waals surface area contributed by atoms with Gasteiger partial charge >= 0.3 is 11.9 Å². The zero-order chi connectivity index (χ0) is 44.4. The highest BCUT2D eigenvalue weighted by atomic mass is 16.7. The summed E-state index contributed by atoms with van der Waals surface area (Å²) in [4.78, 5) is 25.4. The van der Waals surface area contributed by atoms with Gasteiger partial charge < -0.3 is 39.4 Å². The molecule has 360 valence electrons. The van der Waals surface area contributed by atoms with Crippen molar-refractivity contribution in [1.29, 1.82) is 0 Å². The summed E-state index contributed by atoms with van der Waals surface area (Å²) in [5, 5.41) is 40.2. The van der Waals surface area contributed by atoms with Crippen LogP contribution >= 0.6 is 0 Å². The van der Waals surface area contributed by atoms with Gasteiger partial charge in [-0.15, -0.1) is 0 Å². The van der Waals surface area contributed by atoms with Crippen LogP contribution in [-0.2, 0) is 28.5 Å². The number of unbranched alkanes of at least 4 members (excludes halogenated alkanes) is 31. The van der Waals surface area contributed by atoms with E-state index >= 15 is 0 Å². The van der Waals surface area contributed by atoms with Gasteiger partial charge in [0.05, 0.1) is 13.2 Å². The van der Waals surface area contributed by atoms with E-state index < -0.39 is 49.4 Å². The van der Waals surface area contributed by atoms with Crippen molar-refractivity contribution in [1.82, 2.24) is 0 Å². The number of rotatable bonds is 44. The maximum absolute atomic E-state index is 12.8. The molecule has 1 rings (SSSR count). The van der Waals surface area contributed by atoms with Gasteiger partial charge in [0.15, 0.2) is 12.4 Å². The minimum atomic E-state index is -1.59. The van der Waals surface area contributed by atoms with Gasteiger partial charge in [-0.1, -0.05) is 206 Å². The first-order chi connectivity index (χ1) is 29.8. The summed E-state index contributed by atoms with van der Waals surface area (Å²) < 4.78 is 22.3. The molecule has 6 unspecified atom stereocenters. The van der Waals surface area contributed by atoms with Gasteiger partial charge in [-0.3, -0.25) is 9.59 Å². The fraction of sp³-hybridized carbons (Fsp3) is 0.922. The van der Waals surface area contributed by atoms with Gasteiger partial charge in [0.2, 0.25) is 0 Å². The Hall–Kier alpha value is -1.56. The van der Waals surface area contributed by atoms with Gasteiger partial charge in [-0.2, -0.15) is 0 Å². The Labute approximate surface area is 373 Å². The zero-order valence-corrected chi connectivity index (χ0v) is 39.4. The predicted molar refractivity (Wildman–Crippen MR) is 247 cm³/mol. The first kappa shape index (κ1) is 57.5. The first-order valence-corrected chi connectivity index (χ1v) is 25.8. The molecule has 1 aliphatic heterocycles. The Morgan fingerprint density at radius 3 is 1.28 bits per heavy atom. The molecular formula is C51H96O10. The highest BCUT2D eigenvalue weighted by Gasteiger charge is 2.44. The van der Waals surface area contributed by atoms with E-state index in [4.69, 9.17) is 18.9 Å². The standard InChI is InChI=1S/C51H96O10/c1-3-5-7-9-11-13-15-17-19-21-23-25-27-29-31-33-35-37-39-46(53)58-42-44(43-59-51-50(57)49(56)48(55)45(41-52)61-51)60-47(54)40-38-36-34-32-30-28-26-24-22-20-18-16-14-12-10-8-6-4-2/h20,22,44-45,48-52,55-57H,3-19,21,23-43H2,1-2H3/b22-20-. The van der Waals surface area contributed by atoms with Crippen LogP contribution in [0.2, 0.25) is 0 Å². The lowest BCUT2D eigenvalue weighted by Crippen LogP contribution is -2.59. The molecule has 1 aliphatic rings. The maximum atomic E-state index is 12.8. The van der Waals surface area contributed by atoms with E-state index in [-0.39, 0.29) is 32.0 Å². The minimum absolute atomic E-state index is 0.213. The normalized spacial score (nSPS) is 19.7. The molecule has 0 aromatic rings. The molecule has 0 aromatic heterocycles. The number of esters is 2. The van der Waals surface area contributed by atoms with E-state index in [1.165, 1.54) is 167 Å². The molecule has 1 heterocycles.